The van der Waals surface area contributed by atoms with Gasteiger partial charge in [-0.05, 0) is 115 Å². The quantitative estimate of drug-likeness (QED) is 0.162. The zero-order valence-corrected chi connectivity index (χ0v) is 30.5. The third kappa shape index (κ3) is 5.92. The molecule has 0 radical (unpaired) electrons. The summed E-state index contributed by atoms with van der Waals surface area (Å²) in [6.45, 7) is 0. The molecule has 250 valence electrons. The fourth-order valence-corrected chi connectivity index (χ4v) is 7.16. The van der Waals surface area contributed by atoms with Gasteiger partial charge in [-0.15, -0.1) is 0 Å². The predicted molar refractivity (Wildman–Crippen MR) is 219 cm³/mol. The van der Waals surface area contributed by atoms with Crippen LogP contribution in [0.1, 0.15) is 33.4 Å². The molecule has 0 aromatic heterocycles. The zero-order chi connectivity index (χ0) is 35.1. The molecule has 7 rings (SSSR count). The number of hydrogen-bond acceptors (Lipinski definition) is 4. The largest absolute Gasteiger partial charge is 0.378 e. The second kappa shape index (κ2) is 13.3. The highest BCUT2D eigenvalue weighted by molar-refractivity contribution is 6.34. The van der Waals surface area contributed by atoms with Gasteiger partial charge >= 0.3 is 0 Å². The third-order valence-electron chi connectivity index (χ3n) is 9.88. The molecule has 6 aromatic carbocycles. The van der Waals surface area contributed by atoms with Gasteiger partial charge in [0.25, 0.3) is 0 Å². The van der Waals surface area contributed by atoms with Crippen LogP contribution in [-0.4, -0.2) is 56.4 Å². The molecule has 0 fully saturated rings. The van der Waals surface area contributed by atoms with Crippen LogP contribution in [-0.2, 0) is 0 Å². The molecular formula is C46H46N4. The van der Waals surface area contributed by atoms with Crippen LogP contribution >= 0.6 is 0 Å². The van der Waals surface area contributed by atoms with Gasteiger partial charge in [0.2, 0.25) is 0 Å². The van der Waals surface area contributed by atoms with E-state index in [4.69, 9.17) is 0 Å². The predicted octanol–water partition coefficient (Wildman–Crippen LogP) is 10.0. The first-order valence-electron chi connectivity index (χ1n) is 17.2. The van der Waals surface area contributed by atoms with Gasteiger partial charge in [-0.1, -0.05) is 84.9 Å². The van der Waals surface area contributed by atoms with Crippen LogP contribution < -0.4 is 19.6 Å². The van der Waals surface area contributed by atoms with Crippen molar-refractivity contribution in [2.24, 2.45) is 0 Å². The molecule has 0 saturated heterocycles. The Kier molecular flexibility index (Phi) is 8.71. The van der Waals surface area contributed by atoms with Gasteiger partial charge in [-0.25, -0.2) is 0 Å². The number of nitrogens with zero attached hydrogens (tertiary/aromatic N) is 4. The lowest BCUT2D eigenvalue weighted by Gasteiger charge is -2.22. The zero-order valence-electron chi connectivity index (χ0n) is 30.5. The van der Waals surface area contributed by atoms with E-state index in [1.54, 1.807) is 0 Å². The summed E-state index contributed by atoms with van der Waals surface area (Å²) in [7, 11) is 16.8. The smallest absolute Gasteiger partial charge is 0.0361 e. The standard InChI is InChI=1S/C46H46N4/c1-47(2)36-23-15-32(16-24-36)42(33-17-25-37(26-18-33)48(3)4)45-40-13-9-11-31-12-10-14-41(44(31)40)46(45)43(34-19-27-38(28-20-34)49(5)6)35-21-29-39(30-22-35)50(7)8/h9-30H,1-8H3. The van der Waals surface area contributed by atoms with Crippen molar-refractivity contribution in [1.29, 1.82) is 0 Å². The lowest BCUT2D eigenvalue weighted by Crippen LogP contribution is -2.09. The Morgan fingerprint density at radius 1 is 0.320 bits per heavy atom. The van der Waals surface area contributed by atoms with Crippen LogP contribution in [0.3, 0.4) is 0 Å². The number of allylic oxidation sites excluding steroid dienone is 2. The summed E-state index contributed by atoms with van der Waals surface area (Å²) in [4.78, 5) is 8.64. The van der Waals surface area contributed by atoms with Crippen molar-refractivity contribution in [2.45, 2.75) is 0 Å². The van der Waals surface area contributed by atoms with E-state index in [0.717, 1.165) is 0 Å². The number of benzene rings is 6. The Hall–Kier alpha value is -5.74. The SMILES string of the molecule is CN(C)c1ccc(C(=C2C(=C(c3ccc(N(C)C)cc3)c3ccc(N(C)C)cc3)c3cccc4cccc2c34)c2ccc(N(C)C)cc2)cc1. The van der Waals surface area contributed by atoms with Crippen LogP contribution in [0.15, 0.2) is 133 Å². The van der Waals surface area contributed by atoms with Gasteiger partial charge in [0.1, 0.15) is 0 Å². The van der Waals surface area contributed by atoms with E-state index in [2.05, 4.69) is 209 Å². The molecule has 50 heavy (non-hydrogen) atoms. The van der Waals surface area contributed by atoms with E-state index in [9.17, 15) is 0 Å². The minimum atomic E-state index is 1.18. The topological polar surface area (TPSA) is 13.0 Å². The Morgan fingerprint density at radius 3 is 0.820 bits per heavy atom. The monoisotopic (exact) mass is 654 g/mol. The van der Waals surface area contributed by atoms with Crippen molar-refractivity contribution >= 4 is 55.8 Å². The summed E-state index contributed by atoms with van der Waals surface area (Å²) in [5.41, 5.74) is 17.0. The van der Waals surface area contributed by atoms with Crippen molar-refractivity contribution in [3.8, 4) is 0 Å². The highest BCUT2D eigenvalue weighted by Crippen LogP contribution is 2.54. The average molecular weight is 655 g/mol. The van der Waals surface area contributed by atoms with Crippen LogP contribution in [0.5, 0.6) is 0 Å². The van der Waals surface area contributed by atoms with E-state index < -0.39 is 0 Å². The van der Waals surface area contributed by atoms with Gasteiger partial charge in [-0.3, -0.25) is 0 Å². The maximum atomic E-state index is 2.32. The number of rotatable bonds is 8. The first-order chi connectivity index (χ1) is 24.1. The average Bonchev–Trinajstić information content (AvgIpc) is 3.44. The summed E-state index contributed by atoms with van der Waals surface area (Å²) in [5, 5.41) is 2.56. The second-order valence-electron chi connectivity index (χ2n) is 14.0. The van der Waals surface area contributed by atoms with Crippen molar-refractivity contribution < 1.29 is 0 Å². The van der Waals surface area contributed by atoms with Gasteiger partial charge in [0, 0.05) is 79.1 Å². The van der Waals surface area contributed by atoms with Crippen LogP contribution in [0.4, 0.5) is 22.7 Å². The molecule has 0 amide bonds. The highest BCUT2D eigenvalue weighted by Gasteiger charge is 2.31. The van der Waals surface area contributed by atoms with Gasteiger partial charge in [-0.2, -0.15) is 0 Å². The third-order valence-corrected chi connectivity index (χ3v) is 9.88. The maximum absolute atomic E-state index is 2.32. The van der Waals surface area contributed by atoms with Gasteiger partial charge < -0.3 is 19.6 Å². The molecule has 4 nitrogen and oxygen atoms in total. The first kappa shape index (κ1) is 32.8. The van der Waals surface area contributed by atoms with Crippen molar-refractivity contribution in [3.05, 3.63) is 167 Å². The number of anilines is 4. The molecule has 0 unspecified atom stereocenters. The summed E-state index contributed by atoms with van der Waals surface area (Å²) >= 11 is 0. The van der Waals surface area contributed by atoms with E-state index in [0.29, 0.717) is 0 Å². The molecule has 0 heterocycles. The molecular weight excluding hydrogens is 609 g/mol. The number of hydrogen-bond donors (Lipinski definition) is 0. The Balaban J connectivity index is 1.65. The molecule has 0 spiro atoms. The van der Waals surface area contributed by atoms with E-state index >= 15 is 0 Å². The highest BCUT2D eigenvalue weighted by atomic mass is 15.1. The van der Waals surface area contributed by atoms with Crippen molar-refractivity contribution in [1.82, 2.24) is 0 Å². The molecule has 0 aliphatic heterocycles. The van der Waals surface area contributed by atoms with E-state index in [1.807, 2.05) is 0 Å². The van der Waals surface area contributed by atoms with E-state index in [-0.39, 0.29) is 0 Å². The molecule has 0 N–H and O–H groups in total. The normalized spacial score (nSPS) is 11.9. The Morgan fingerprint density at radius 2 is 0.580 bits per heavy atom. The molecule has 4 heteroatoms. The summed E-state index contributed by atoms with van der Waals surface area (Å²) < 4.78 is 0. The second-order valence-corrected chi connectivity index (χ2v) is 14.0. The maximum Gasteiger partial charge on any atom is 0.0361 e. The molecule has 1 aliphatic carbocycles. The lowest BCUT2D eigenvalue weighted by atomic mass is 9.82. The molecule has 0 atom stereocenters. The molecule has 1 aliphatic rings. The molecule has 0 saturated carbocycles. The van der Waals surface area contributed by atoms with Gasteiger partial charge in [0.15, 0.2) is 0 Å². The van der Waals surface area contributed by atoms with Gasteiger partial charge in [0.05, 0.1) is 0 Å². The summed E-state index contributed by atoms with van der Waals surface area (Å²) in [5.74, 6) is 0. The Labute approximate surface area is 297 Å². The van der Waals surface area contributed by atoms with Crippen molar-refractivity contribution in [3.63, 3.8) is 0 Å². The minimum Gasteiger partial charge on any atom is -0.378 e. The molecule has 0 bridgehead atoms. The first-order valence-corrected chi connectivity index (χ1v) is 17.2. The van der Waals surface area contributed by atoms with Crippen LogP contribution in [0, 0.1) is 0 Å². The summed E-state index contributed by atoms with van der Waals surface area (Å²) in [6, 6.07) is 49.7. The summed E-state index contributed by atoms with van der Waals surface area (Å²) in [6.07, 6.45) is 0. The van der Waals surface area contributed by atoms with Crippen LogP contribution in [0.2, 0.25) is 0 Å². The minimum absolute atomic E-state index is 1.18. The fraction of sp³-hybridized carbons (Fsp3) is 0.174. The van der Waals surface area contributed by atoms with Crippen molar-refractivity contribution in [2.75, 3.05) is 76.0 Å². The fourth-order valence-electron chi connectivity index (χ4n) is 7.16. The lowest BCUT2D eigenvalue weighted by molar-refractivity contribution is 1.13. The van der Waals surface area contributed by atoms with Crippen LogP contribution in [0.25, 0.3) is 33.1 Å². The molecule has 6 aromatic rings. The Bertz CT molecular complexity index is 1950. The van der Waals surface area contributed by atoms with E-state index in [1.165, 1.54) is 89.2 Å².